The van der Waals surface area contributed by atoms with Crippen LogP contribution in [0.3, 0.4) is 0 Å². The van der Waals surface area contributed by atoms with Crippen molar-refractivity contribution in [2.45, 2.75) is 51.9 Å². The summed E-state index contributed by atoms with van der Waals surface area (Å²) < 4.78 is 11.2. The fraction of sp³-hybridized carbons (Fsp3) is 0.667. The molecular weight excluding hydrogens is 270 g/mol. The van der Waals surface area contributed by atoms with Gasteiger partial charge in [-0.1, -0.05) is 0 Å². The fourth-order valence-corrected chi connectivity index (χ4v) is 2.14. The van der Waals surface area contributed by atoms with Gasteiger partial charge >= 0.3 is 6.09 Å². The number of amides is 1. The second kappa shape index (κ2) is 6.85. The Balaban J connectivity index is 1.72. The van der Waals surface area contributed by atoms with Crippen molar-refractivity contribution in [3.63, 3.8) is 0 Å². The van der Waals surface area contributed by atoms with Crippen molar-refractivity contribution in [3.05, 3.63) is 24.3 Å². The maximum Gasteiger partial charge on any atom is 0.410 e. The minimum atomic E-state index is -0.448. The third-order valence-electron chi connectivity index (χ3n) is 3.18. The highest BCUT2D eigenvalue weighted by molar-refractivity contribution is 5.68. The monoisotopic (exact) mass is 293 g/mol. The fourth-order valence-electron chi connectivity index (χ4n) is 2.14. The van der Waals surface area contributed by atoms with Crippen molar-refractivity contribution in [3.8, 4) is 0 Å². The third kappa shape index (κ3) is 5.30. The van der Waals surface area contributed by atoms with Crippen LogP contribution in [-0.2, 0) is 16.1 Å². The van der Waals surface area contributed by atoms with Gasteiger partial charge in [0.2, 0.25) is 0 Å². The van der Waals surface area contributed by atoms with E-state index in [1.54, 1.807) is 23.5 Å². The summed E-state index contributed by atoms with van der Waals surface area (Å²) in [6.45, 7) is 7.43. The Hall–Kier alpha value is -1.69. The summed E-state index contributed by atoms with van der Waals surface area (Å²) in [5, 5.41) is 0. The number of likely N-dealkylation sites (tertiary alicyclic amines) is 1. The molecule has 6 nitrogen and oxygen atoms in total. The average molecular weight is 293 g/mol. The van der Waals surface area contributed by atoms with Crippen LogP contribution in [0, 0.1) is 0 Å². The van der Waals surface area contributed by atoms with E-state index in [0.29, 0.717) is 19.7 Å². The number of hydrogen-bond donors (Lipinski definition) is 0. The SMILES string of the molecule is CC(C)(C)OC(=O)N1CCC(OCc2cnccn2)CC1. The third-order valence-corrected chi connectivity index (χ3v) is 3.18. The molecule has 2 rings (SSSR count). The molecule has 21 heavy (non-hydrogen) atoms. The second-order valence-corrected chi connectivity index (χ2v) is 6.17. The lowest BCUT2D eigenvalue weighted by molar-refractivity contribution is -0.0178. The van der Waals surface area contributed by atoms with Crippen molar-refractivity contribution in [2.75, 3.05) is 13.1 Å². The number of aromatic nitrogens is 2. The van der Waals surface area contributed by atoms with Gasteiger partial charge in [0, 0.05) is 25.5 Å². The highest BCUT2D eigenvalue weighted by Gasteiger charge is 2.27. The molecule has 0 aliphatic carbocycles. The van der Waals surface area contributed by atoms with E-state index in [9.17, 15) is 4.79 Å². The summed E-state index contributed by atoms with van der Waals surface area (Å²) in [7, 11) is 0. The molecule has 0 N–H and O–H groups in total. The summed E-state index contributed by atoms with van der Waals surface area (Å²) in [4.78, 5) is 21.9. The predicted octanol–water partition coefficient (Wildman–Crippen LogP) is 2.39. The topological polar surface area (TPSA) is 64.5 Å². The Morgan fingerprint density at radius 3 is 2.62 bits per heavy atom. The van der Waals surface area contributed by atoms with Gasteiger partial charge in [-0.05, 0) is 33.6 Å². The van der Waals surface area contributed by atoms with Crippen molar-refractivity contribution in [1.29, 1.82) is 0 Å². The zero-order chi connectivity index (χ0) is 15.3. The van der Waals surface area contributed by atoms with Crippen LogP contribution < -0.4 is 0 Å². The molecule has 1 aromatic rings. The lowest BCUT2D eigenvalue weighted by atomic mass is 10.1. The first-order valence-electron chi connectivity index (χ1n) is 7.28. The van der Waals surface area contributed by atoms with Crippen molar-refractivity contribution in [2.24, 2.45) is 0 Å². The highest BCUT2D eigenvalue weighted by atomic mass is 16.6. The standard InChI is InChI=1S/C15H23N3O3/c1-15(2,3)21-14(19)18-8-4-13(5-9-18)20-11-12-10-16-6-7-17-12/h6-7,10,13H,4-5,8-9,11H2,1-3H3. The summed E-state index contributed by atoms with van der Waals surface area (Å²) in [6, 6.07) is 0. The zero-order valence-electron chi connectivity index (χ0n) is 12.9. The van der Waals surface area contributed by atoms with Crippen LogP contribution in [-0.4, -0.2) is 45.8 Å². The molecule has 1 aromatic heterocycles. The van der Waals surface area contributed by atoms with Gasteiger partial charge in [0.15, 0.2) is 0 Å². The normalized spacial score (nSPS) is 16.8. The summed E-state index contributed by atoms with van der Waals surface area (Å²) in [5.74, 6) is 0. The minimum Gasteiger partial charge on any atom is -0.444 e. The first-order chi connectivity index (χ1) is 9.94. The number of piperidine rings is 1. The van der Waals surface area contributed by atoms with Crippen LogP contribution in [0.25, 0.3) is 0 Å². The highest BCUT2D eigenvalue weighted by Crippen LogP contribution is 2.18. The molecule has 0 aromatic carbocycles. The lowest BCUT2D eigenvalue weighted by Gasteiger charge is -2.33. The first kappa shape index (κ1) is 15.7. The molecule has 0 unspecified atom stereocenters. The molecular formula is C15H23N3O3. The van der Waals surface area contributed by atoms with Crippen molar-refractivity contribution < 1.29 is 14.3 Å². The molecule has 1 saturated heterocycles. The first-order valence-corrected chi connectivity index (χ1v) is 7.28. The van der Waals surface area contributed by atoms with Crippen LogP contribution in [0.1, 0.15) is 39.3 Å². The Morgan fingerprint density at radius 2 is 2.05 bits per heavy atom. The second-order valence-electron chi connectivity index (χ2n) is 6.17. The van der Waals surface area contributed by atoms with E-state index in [-0.39, 0.29) is 12.2 Å². The molecule has 1 aliphatic rings. The maximum atomic E-state index is 11.9. The molecule has 0 radical (unpaired) electrons. The van der Waals surface area contributed by atoms with E-state index in [4.69, 9.17) is 9.47 Å². The molecule has 6 heteroatoms. The summed E-state index contributed by atoms with van der Waals surface area (Å²) in [6.07, 6.45) is 6.56. The number of carbonyl (C=O) groups is 1. The maximum absolute atomic E-state index is 11.9. The Bertz CT molecular complexity index is 451. The van der Waals surface area contributed by atoms with Crippen LogP contribution >= 0.6 is 0 Å². The van der Waals surface area contributed by atoms with Crippen LogP contribution in [0.5, 0.6) is 0 Å². The molecule has 0 bridgehead atoms. The van der Waals surface area contributed by atoms with Crippen LogP contribution in [0.2, 0.25) is 0 Å². The van der Waals surface area contributed by atoms with Gasteiger partial charge in [0.05, 0.1) is 24.6 Å². The van der Waals surface area contributed by atoms with E-state index < -0.39 is 5.60 Å². The molecule has 0 spiro atoms. The average Bonchev–Trinajstić information content (AvgIpc) is 2.45. The van der Waals surface area contributed by atoms with Gasteiger partial charge in [-0.15, -0.1) is 0 Å². The number of hydrogen-bond acceptors (Lipinski definition) is 5. The number of rotatable bonds is 3. The molecule has 1 aliphatic heterocycles. The van der Waals surface area contributed by atoms with Crippen LogP contribution in [0.15, 0.2) is 18.6 Å². The quantitative estimate of drug-likeness (QED) is 0.856. The van der Waals surface area contributed by atoms with E-state index >= 15 is 0 Å². The molecule has 116 valence electrons. The van der Waals surface area contributed by atoms with Gasteiger partial charge in [0.1, 0.15) is 5.60 Å². The van der Waals surface area contributed by atoms with Gasteiger partial charge in [-0.3, -0.25) is 9.97 Å². The van der Waals surface area contributed by atoms with Crippen molar-refractivity contribution >= 4 is 6.09 Å². The Labute approximate surface area is 125 Å². The zero-order valence-corrected chi connectivity index (χ0v) is 12.9. The predicted molar refractivity (Wildman–Crippen MR) is 77.7 cm³/mol. The van der Waals surface area contributed by atoms with Gasteiger partial charge in [-0.25, -0.2) is 4.79 Å². The number of nitrogens with zero attached hydrogens (tertiary/aromatic N) is 3. The Kier molecular flexibility index (Phi) is 5.12. The summed E-state index contributed by atoms with van der Waals surface area (Å²) in [5.41, 5.74) is 0.378. The van der Waals surface area contributed by atoms with Crippen molar-refractivity contribution in [1.82, 2.24) is 14.9 Å². The van der Waals surface area contributed by atoms with Crippen LogP contribution in [0.4, 0.5) is 4.79 Å². The van der Waals surface area contributed by atoms with Gasteiger partial charge < -0.3 is 14.4 Å². The number of ether oxygens (including phenoxy) is 2. The molecule has 1 fully saturated rings. The molecule has 2 heterocycles. The van der Waals surface area contributed by atoms with E-state index in [0.717, 1.165) is 18.5 Å². The summed E-state index contributed by atoms with van der Waals surface area (Å²) >= 11 is 0. The largest absolute Gasteiger partial charge is 0.444 e. The van der Waals surface area contributed by atoms with E-state index in [2.05, 4.69) is 9.97 Å². The smallest absolute Gasteiger partial charge is 0.410 e. The van der Waals surface area contributed by atoms with E-state index in [1.165, 1.54) is 0 Å². The number of carbonyl (C=O) groups excluding carboxylic acids is 1. The van der Waals surface area contributed by atoms with Gasteiger partial charge in [0.25, 0.3) is 0 Å². The molecule has 0 atom stereocenters. The van der Waals surface area contributed by atoms with E-state index in [1.807, 2.05) is 20.8 Å². The lowest BCUT2D eigenvalue weighted by Crippen LogP contribution is -2.43. The molecule has 1 amide bonds. The molecule has 0 saturated carbocycles. The minimum absolute atomic E-state index is 0.158. The Morgan fingerprint density at radius 1 is 1.33 bits per heavy atom. The van der Waals surface area contributed by atoms with Gasteiger partial charge in [-0.2, -0.15) is 0 Å².